The molecule has 1 saturated heterocycles. The van der Waals surface area contributed by atoms with E-state index >= 15 is 0 Å². The number of rotatable bonds is 5. The summed E-state index contributed by atoms with van der Waals surface area (Å²) in [5.74, 6) is 1.64. The molecule has 36 heavy (non-hydrogen) atoms. The molecular weight excluding hydrogens is 499 g/mol. The topological polar surface area (TPSA) is 99.7 Å². The number of hydrogen-bond acceptors (Lipinski definition) is 8. The number of amides is 1. The summed E-state index contributed by atoms with van der Waals surface area (Å²) in [7, 11) is -2.51. The van der Waals surface area contributed by atoms with Crippen molar-refractivity contribution in [2.45, 2.75) is 13.0 Å². The Bertz CT molecular complexity index is 1360. The molecule has 3 heterocycles. The van der Waals surface area contributed by atoms with Crippen LogP contribution in [0, 0.1) is 0 Å². The Morgan fingerprint density at radius 3 is 2.75 bits per heavy atom. The van der Waals surface area contributed by atoms with Gasteiger partial charge >= 0.3 is 0 Å². The van der Waals surface area contributed by atoms with Crippen molar-refractivity contribution in [1.82, 2.24) is 14.9 Å². The lowest BCUT2D eigenvalue weighted by atomic mass is 10.1. The molecule has 0 saturated carbocycles. The maximum Gasteiger partial charge on any atom is 0.229 e. The van der Waals surface area contributed by atoms with Crippen LogP contribution in [0.5, 0.6) is 5.75 Å². The Balaban J connectivity index is 1.35. The van der Waals surface area contributed by atoms with Crippen LogP contribution in [-0.4, -0.2) is 66.4 Å². The molecule has 2 aromatic carbocycles. The fourth-order valence-corrected chi connectivity index (χ4v) is 5.85. The summed E-state index contributed by atoms with van der Waals surface area (Å²) < 4.78 is 18.8. The number of carbonyl (C=O) groups excluding carboxylic acids is 1. The molecule has 1 aromatic heterocycles. The molecule has 0 unspecified atom stereocenters. The molecule has 1 amide bonds. The Kier molecular flexibility index (Phi) is 6.53. The van der Waals surface area contributed by atoms with Crippen LogP contribution in [0.2, 0.25) is 5.02 Å². The second kappa shape index (κ2) is 9.64. The van der Waals surface area contributed by atoms with E-state index in [-0.39, 0.29) is 11.9 Å². The van der Waals surface area contributed by atoms with Crippen molar-refractivity contribution in [3.63, 3.8) is 0 Å². The van der Waals surface area contributed by atoms with Crippen molar-refractivity contribution < 1.29 is 14.1 Å². The fourth-order valence-electron chi connectivity index (χ4n) is 4.55. The number of ether oxygens (including phenoxy) is 1. The lowest BCUT2D eigenvalue weighted by Gasteiger charge is -2.45. The van der Waals surface area contributed by atoms with Gasteiger partial charge in [0.2, 0.25) is 11.9 Å². The van der Waals surface area contributed by atoms with E-state index in [2.05, 4.69) is 25.5 Å². The zero-order chi connectivity index (χ0) is 25.4. The molecule has 0 spiro atoms. The number of benzene rings is 2. The van der Waals surface area contributed by atoms with Crippen molar-refractivity contribution >= 4 is 58.8 Å². The quantitative estimate of drug-likeness (QED) is 0.475. The van der Waals surface area contributed by atoms with Gasteiger partial charge in [-0.15, -0.1) is 0 Å². The van der Waals surface area contributed by atoms with Gasteiger partial charge in [-0.1, -0.05) is 23.7 Å². The standard InChI is InChI=1S/C25H28ClN6O3P/c1-16(33)31-10-11-32-18(14-31)15-35-22-12-17(8-9-21(22)32)28-25-27-13-19(26)24(30-25)29-20-6-4-5-7-23(20)36(2,3)34/h4-9,12-13,18H,10-11,14-15H2,1-3H3,(H2,27,28,29,30)/t18-/m0/s1. The summed E-state index contributed by atoms with van der Waals surface area (Å²) in [5, 5.41) is 7.51. The third-order valence-electron chi connectivity index (χ3n) is 6.37. The van der Waals surface area contributed by atoms with Crippen LogP contribution in [0.1, 0.15) is 6.92 Å². The van der Waals surface area contributed by atoms with Gasteiger partial charge in [0.05, 0.1) is 23.6 Å². The Morgan fingerprint density at radius 2 is 1.97 bits per heavy atom. The van der Waals surface area contributed by atoms with Crippen molar-refractivity contribution in [3.05, 3.63) is 53.7 Å². The first-order chi connectivity index (χ1) is 17.2. The summed E-state index contributed by atoms with van der Waals surface area (Å²) in [6, 6.07) is 13.5. The van der Waals surface area contributed by atoms with Crippen molar-refractivity contribution in [2.75, 3.05) is 55.1 Å². The van der Waals surface area contributed by atoms with Crippen LogP contribution in [0.4, 0.5) is 28.8 Å². The van der Waals surface area contributed by atoms with Gasteiger partial charge < -0.3 is 29.7 Å². The van der Waals surface area contributed by atoms with Crippen LogP contribution < -0.4 is 25.6 Å². The summed E-state index contributed by atoms with van der Waals surface area (Å²) >= 11 is 6.37. The largest absolute Gasteiger partial charge is 0.489 e. The van der Waals surface area contributed by atoms with Gasteiger partial charge in [-0.05, 0) is 37.6 Å². The summed E-state index contributed by atoms with van der Waals surface area (Å²) in [5.41, 5.74) is 2.48. The van der Waals surface area contributed by atoms with E-state index in [1.165, 1.54) is 6.20 Å². The number of aromatic nitrogens is 2. The molecule has 1 atom stereocenters. The SMILES string of the molecule is CC(=O)N1CCN2c3ccc(Nc4ncc(Cl)c(Nc5ccccc5P(C)(C)=O)n4)cc3OC[C@@H]2C1. The highest BCUT2D eigenvalue weighted by atomic mass is 35.5. The number of carbonyl (C=O) groups is 1. The first-order valence-corrected chi connectivity index (χ1v) is 14.7. The highest BCUT2D eigenvalue weighted by Gasteiger charge is 2.33. The minimum atomic E-state index is -2.51. The van der Waals surface area contributed by atoms with E-state index in [1.807, 2.05) is 47.4 Å². The molecule has 9 nitrogen and oxygen atoms in total. The monoisotopic (exact) mass is 526 g/mol. The Labute approximate surface area is 215 Å². The summed E-state index contributed by atoms with van der Waals surface area (Å²) in [6.07, 6.45) is 1.52. The first kappa shape index (κ1) is 24.4. The number of piperazine rings is 1. The highest BCUT2D eigenvalue weighted by molar-refractivity contribution is 7.70. The van der Waals surface area contributed by atoms with Crippen molar-refractivity contribution in [1.29, 1.82) is 0 Å². The van der Waals surface area contributed by atoms with Gasteiger partial charge in [0, 0.05) is 43.6 Å². The van der Waals surface area contributed by atoms with E-state index in [9.17, 15) is 9.36 Å². The van der Waals surface area contributed by atoms with E-state index in [4.69, 9.17) is 16.3 Å². The number of nitrogens with one attached hydrogen (secondary N) is 2. The third-order valence-corrected chi connectivity index (χ3v) is 8.19. The summed E-state index contributed by atoms with van der Waals surface area (Å²) in [6.45, 7) is 7.72. The molecule has 0 radical (unpaired) electrons. The van der Waals surface area contributed by atoms with Gasteiger partial charge in [0.25, 0.3) is 0 Å². The molecule has 1 fully saturated rings. The van der Waals surface area contributed by atoms with Gasteiger partial charge in [0.15, 0.2) is 5.82 Å². The minimum absolute atomic E-state index is 0.0960. The van der Waals surface area contributed by atoms with Crippen LogP contribution in [-0.2, 0) is 9.36 Å². The van der Waals surface area contributed by atoms with E-state index < -0.39 is 7.14 Å². The molecule has 0 bridgehead atoms. The number of para-hydroxylation sites is 1. The van der Waals surface area contributed by atoms with E-state index in [0.29, 0.717) is 42.2 Å². The molecule has 3 aromatic rings. The van der Waals surface area contributed by atoms with E-state index in [0.717, 1.165) is 29.0 Å². The minimum Gasteiger partial charge on any atom is -0.489 e. The van der Waals surface area contributed by atoms with Crippen LogP contribution in [0.25, 0.3) is 0 Å². The highest BCUT2D eigenvalue weighted by Crippen LogP contribution is 2.39. The average molecular weight is 527 g/mol. The Hall–Kier alpha value is -3.29. The zero-order valence-corrected chi connectivity index (χ0v) is 22.0. The van der Waals surface area contributed by atoms with Crippen molar-refractivity contribution in [3.8, 4) is 5.75 Å². The zero-order valence-electron chi connectivity index (χ0n) is 20.4. The van der Waals surface area contributed by atoms with E-state index in [1.54, 1.807) is 20.3 Å². The average Bonchev–Trinajstić information content (AvgIpc) is 2.85. The Morgan fingerprint density at radius 1 is 1.17 bits per heavy atom. The van der Waals surface area contributed by atoms with Crippen LogP contribution >= 0.6 is 18.7 Å². The predicted octanol–water partition coefficient (Wildman–Crippen LogP) is 4.29. The maximum absolute atomic E-state index is 12.7. The number of nitrogens with zero attached hydrogens (tertiary/aromatic N) is 4. The molecule has 0 aliphatic carbocycles. The molecule has 2 N–H and O–H groups in total. The molecule has 188 valence electrons. The second-order valence-corrected chi connectivity index (χ2v) is 12.9. The number of halogens is 1. The molecule has 11 heteroatoms. The lowest BCUT2D eigenvalue weighted by molar-refractivity contribution is -0.129. The number of hydrogen-bond donors (Lipinski definition) is 2. The predicted molar refractivity (Wildman–Crippen MR) is 144 cm³/mol. The third kappa shape index (κ3) is 4.99. The number of anilines is 5. The molecular formula is C25H28ClN6O3P. The van der Waals surface area contributed by atoms with Gasteiger partial charge in [-0.3, -0.25) is 4.79 Å². The van der Waals surface area contributed by atoms with Gasteiger partial charge in [0.1, 0.15) is 24.5 Å². The number of fused-ring (bicyclic) bond motifs is 3. The molecule has 2 aliphatic heterocycles. The smallest absolute Gasteiger partial charge is 0.229 e. The maximum atomic E-state index is 12.7. The fraction of sp³-hybridized carbons (Fsp3) is 0.320. The van der Waals surface area contributed by atoms with Crippen LogP contribution in [0.3, 0.4) is 0 Å². The molecule has 2 aliphatic rings. The van der Waals surface area contributed by atoms with Crippen LogP contribution in [0.15, 0.2) is 48.7 Å². The van der Waals surface area contributed by atoms with Crippen molar-refractivity contribution in [2.24, 2.45) is 0 Å². The summed E-state index contributed by atoms with van der Waals surface area (Å²) in [4.78, 5) is 24.8. The second-order valence-electron chi connectivity index (χ2n) is 9.31. The normalized spacial score (nSPS) is 17.1. The lowest BCUT2D eigenvalue weighted by Crippen LogP contribution is -2.58. The molecule has 5 rings (SSSR count). The first-order valence-electron chi connectivity index (χ1n) is 11.7. The van der Waals surface area contributed by atoms with Gasteiger partial charge in [-0.2, -0.15) is 4.98 Å². The van der Waals surface area contributed by atoms with Gasteiger partial charge in [-0.25, -0.2) is 4.98 Å².